The highest BCUT2D eigenvalue weighted by atomic mass is 16.2. The van der Waals surface area contributed by atoms with Crippen molar-refractivity contribution in [1.29, 1.82) is 0 Å². The Morgan fingerprint density at radius 3 is 2.71 bits per heavy atom. The first-order valence-corrected chi connectivity index (χ1v) is 7.08. The fraction of sp³-hybridized carbons (Fsp3) is 0.294. The standard InChI is InChI=1S/C17H21N3O/c1-14-4-3-5-16(12-14)19-13-17(21)20(2)11-8-15-6-9-18-10-7-15/h3-7,9-10,12,19H,8,11,13H2,1-2H3. The van der Waals surface area contributed by atoms with Crippen LogP contribution in [0, 0.1) is 6.92 Å². The first kappa shape index (κ1) is 15.0. The lowest BCUT2D eigenvalue weighted by Gasteiger charge is -2.18. The molecule has 0 bridgehead atoms. The Morgan fingerprint density at radius 1 is 1.24 bits per heavy atom. The van der Waals surface area contributed by atoms with Crippen molar-refractivity contribution < 1.29 is 4.79 Å². The molecule has 21 heavy (non-hydrogen) atoms. The fourth-order valence-corrected chi connectivity index (χ4v) is 2.04. The van der Waals surface area contributed by atoms with Crippen molar-refractivity contribution >= 4 is 11.6 Å². The van der Waals surface area contributed by atoms with Crippen LogP contribution in [0.4, 0.5) is 5.69 Å². The lowest BCUT2D eigenvalue weighted by atomic mass is 10.2. The number of pyridine rings is 1. The predicted molar refractivity (Wildman–Crippen MR) is 85.2 cm³/mol. The van der Waals surface area contributed by atoms with Crippen LogP contribution < -0.4 is 5.32 Å². The number of carbonyl (C=O) groups is 1. The van der Waals surface area contributed by atoms with Gasteiger partial charge in [0.2, 0.25) is 5.91 Å². The van der Waals surface area contributed by atoms with Crippen LogP contribution in [0.15, 0.2) is 48.8 Å². The molecule has 0 aliphatic carbocycles. The summed E-state index contributed by atoms with van der Waals surface area (Å²) in [7, 11) is 1.83. The third-order valence-electron chi connectivity index (χ3n) is 3.37. The molecule has 2 aromatic rings. The van der Waals surface area contributed by atoms with Crippen LogP contribution in [0.5, 0.6) is 0 Å². The van der Waals surface area contributed by atoms with Gasteiger partial charge in [-0.15, -0.1) is 0 Å². The van der Waals surface area contributed by atoms with E-state index in [9.17, 15) is 4.79 Å². The van der Waals surface area contributed by atoms with Gasteiger partial charge in [0.25, 0.3) is 0 Å². The molecule has 0 atom stereocenters. The molecule has 1 aromatic carbocycles. The number of nitrogens with one attached hydrogen (secondary N) is 1. The molecule has 0 aliphatic heterocycles. The molecule has 1 heterocycles. The number of hydrogen-bond donors (Lipinski definition) is 1. The predicted octanol–water partition coefficient (Wildman–Crippen LogP) is 2.50. The van der Waals surface area contributed by atoms with Gasteiger partial charge >= 0.3 is 0 Å². The molecule has 0 saturated heterocycles. The largest absolute Gasteiger partial charge is 0.376 e. The molecule has 0 aliphatic rings. The summed E-state index contributed by atoms with van der Waals surface area (Å²) in [5, 5.41) is 3.16. The van der Waals surface area contributed by atoms with Gasteiger partial charge in [-0.1, -0.05) is 12.1 Å². The lowest BCUT2D eigenvalue weighted by molar-refractivity contribution is -0.127. The van der Waals surface area contributed by atoms with Crippen LogP contribution in [0.3, 0.4) is 0 Å². The normalized spacial score (nSPS) is 10.2. The molecule has 0 radical (unpaired) electrons. The summed E-state index contributed by atoms with van der Waals surface area (Å²) in [5.74, 6) is 0.0885. The zero-order valence-corrected chi connectivity index (χ0v) is 12.5. The number of likely N-dealkylation sites (N-methyl/N-ethyl adjacent to an activating group) is 1. The van der Waals surface area contributed by atoms with Crippen molar-refractivity contribution in [2.75, 3.05) is 25.5 Å². The molecule has 4 heteroatoms. The number of aryl methyl sites for hydroxylation is 1. The number of carbonyl (C=O) groups excluding carboxylic acids is 1. The van der Waals surface area contributed by atoms with E-state index in [1.807, 2.05) is 50.4 Å². The highest BCUT2D eigenvalue weighted by Gasteiger charge is 2.08. The van der Waals surface area contributed by atoms with Gasteiger partial charge in [-0.3, -0.25) is 9.78 Å². The molecular formula is C17H21N3O. The van der Waals surface area contributed by atoms with Crippen LogP contribution in [-0.4, -0.2) is 35.9 Å². The first-order chi connectivity index (χ1) is 10.1. The Kier molecular flexibility index (Phi) is 5.32. The summed E-state index contributed by atoms with van der Waals surface area (Å²) in [5.41, 5.74) is 3.35. The minimum Gasteiger partial charge on any atom is -0.376 e. The Bertz CT molecular complexity index is 584. The van der Waals surface area contributed by atoms with Crippen LogP contribution in [-0.2, 0) is 11.2 Å². The SMILES string of the molecule is Cc1cccc(NCC(=O)N(C)CCc2ccncc2)c1. The van der Waals surface area contributed by atoms with E-state index in [1.54, 1.807) is 17.3 Å². The molecule has 1 amide bonds. The van der Waals surface area contributed by atoms with Crippen molar-refractivity contribution in [3.8, 4) is 0 Å². The quantitative estimate of drug-likeness (QED) is 0.886. The molecule has 1 N–H and O–H groups in total. The number of nitrogens with zero attached hydrogens (tertiary/aromatic N) is 2. The maximum atomic E-state index is 12.1. The second kappa shape index (κ2) is 7.43. The molecule has 0 saturated carbocycles. The van der Waals surface area contributed by atoms with Gasteiger partial charge < -0.3 is 10.2 Å². The van der Waals surface area contributed by atoms with Gasteiger partial charge in [0.15, 0.2) is 0 Å². The topological polar surface area (TPSA) is 45.2 Å². The molecule has 0 fully saturated rings. The monoisotopic (exact) mass is 283 g/mol. The zero-order chi connectivity index (χ0) is 15.1. The van der Waals surface area contributed by atoms with Crippen LogP contribution in [0.2, 0.25) is 0 Å². The Labute approximate surface area is 125 Å². The summed E-state index contributed by atoms with van der Waals surface area (Å²) >= 11 is 0. The minimum atomic E-state index is 0.0885. The molecule has 0 unspecified atom stereocenters. The van der Waals surface area contributed by atoms with E-state index in [4.69, 9.17) is 0 Å². The van der Waals surface area contributed by atoms with Gasteiger partial charge in [-0.05, 0) is 48.7 Å². The van der Waals surface area contributed by atoms with Crippen LogP contribution in [0.25, 0.3) is 0 Å². The summed E-state index contributed by atoms with van der Waals surface area (Å²) in [6.45, 7) is 3.06. The number of aromatic nitrogens is 1. The third-order valence-corrected chi connectivity index (χ3v) is 3.37. The maximum absolute atomic E-state index is 12.1. The average Bonchev–Trinajstić information content (AvgIpc) is 2.51. The van der Waals surface area contributed by atoms with Gasteiger partial charge in [0.05, 0.1) is 6.54 Å². The number of hydrogen-bond acceptors (Lipinski definition) is 3. The fourth-order valence-electron chi connectivity index (χ4n) is 2.04. The second-order valence-electron chi connectivity index (χ2n) is 5.14. The molecular weight excluding hydrogens is 262 g/mol. The van der Waals surface area contributed by atoms with E-state index >= 15 is 0 Å². The van der Waals surface area contributed by atoms with E-state index in [-0.39, 0.29) is 5.91 Å². The van der Waals surface area contributed by atoms with Crippen molar-refractivity contribution in [2.24, 2.45) is 0 Å². The van der Waals surface area contributed by atoms with E-state index in [1.165, 1.54) is 11.1 Å². The average molecular weight is 283 g/mol. The van der Waals surface area contributed by atoms with Crippen molar-refractivity contribution in [1.82, 2.24) is 9.88 Å². The third kappa shape index (κ3) is 4.91. The van der Waals surface area contributed by atoms with Crippen molar-refractivity contribution in [3.05, 3.63) is 59.9 Å². The maximum Gasteiger partial charge on any atom is 0.241 e. The van der Waals surface area contributed by atoms with E-state index in [2.05, 4.69) is 10.3 Å². The Morgan fingerprint density at radius 2 is 2.00 bits per heavy atom. The number of benzene rings is 1. The van der Waals surface area contributed by atoms with Crippen molar-refractivity contribution in [2.45, 2.75) is 13.3 Å². The van der Waals surface area contributed by atoms with Crippen LogP contribution in [0.1, 0.15) is 11.1 Å². The zero-order valence-electron chi connectivity index (χ0n) is 12.5. The Hall–Kier alpha value is -2.36. The number of rotatable bonds is 6. The van der Waals surface area contributed by atoms with Gasteiger partial charge in [0.1, 0.15) is 0 Å². The smallest absolute Gasteiger partial charge is 0.241 e. The summed E-state index contributed by atoms with van der Waals surface area (Å²) < 4.78 is 0. The Balaban J connectivity index is 1.77. The molecule has 0 spiro atoms. The highest BCUT2D eigenvalue weighted by molar-refractivity contribution is 5.80. The second-order valence-corrected chi connectivity index (χ2v) is 5.14. The highest BCUT2D eigenvalue weighted by Crippen LogP contribution is 2.09. The van der Waals surface area contributed by atoms with Crippen LogP contribution >= 0.6 is 0 Å². The van der Waals surface area contributed by atoms with Gasteiger partial charge in [0, 0.05) is 31.7 Å². The lowest BCUT2D eigenvalue weighted by Crippen LogP contribution is -2.33. The summed E-state index contributed by atoms with van der Waals surface area (Å²) in [6.07, 6.45) is 4.39. The number of amides is 1. The van der Waals surface area contributed by atoms with E-state index in [0.29, 0.717) is 13.1 Å². The van der Waals surface area contributed by atoms with Crippen molar-refractivity contribution in [3.63, 3.8) is 0 Å². The summed E-state index contributed by atoms with van der Waals surface area (Å²) in [6, 6.07) is 12.0. The van der Waals surface area contributed by atoms with E-state index in [0.717, 1.165) is 12.1 Å². The minimum absolute atomic E-state index is 0.0885. The molecule has 2 rings (SSSR count). The molecule has 1 aromatic heterocycles. The summed E-state index contributed by atoms with van der Waals surface area (Å²) in [4.78, 5) is 17.8. The molecule has 110 valence electrons. The van der Waals surface area contributed by atoms with Gasteiger partial charge in [-0.25, -0.2) is 0 Å². The van der Waals surface area contributed by atoms with Gasteiger partial charge in [-0.2, -0.15) is 0 Å². The first-order valence-electron chi connectivity index (χ1n) is 7.08. The molecule has 4 nitrogen and oxygen atoms in total. The number of anilines is 1. The van der Waals surface area contributed by atoms with E-state index < -0.39 is 0 Å².